The number of amides is 1. The zero-order chi connectivity index (χ0) is 13.5. The highest BCUT2D eigenvalue weighted by Gasteiger charge is 2.47. The second kappa shape index (κ2) is 4.30. The maximum absolute atomic E-state index is 11.8. The van der Waals surface area contributed by atoms with Crippen LogP contribution in [0.25, 0.3) is 0 Å². The highest BCUT2D eigenvalue weighted by Crippen LogP contribution is 2.46. The third kappa shape index (κ3) is 1.78. The molecule has 3 heteroatoms. The van der Waals surface area contributed by atoms with Gasteiger partial charge in [-0.15, -0.1) is 0 Å². The van der Waals surface area contributed by atoms with Crippen LogP contribution in [-0.4, -0.2) is 6.09 Å². The van der Waals surface area contributed by atoms with Gasteiger partial charge in [-0.1, -0.05) is 39.8 Å². The summed E-state index contributed by atoms with van der Waals surface area (Å²) in [7, 11) is 0. The molecule has 1 heterocycles. The number of aryl methyl sites for hydroxylation is 1. The molecule has 1 aliphatic rings. The molecule has 0 aliphatic carbocycles. The monoisotopic (exact) mass is 247 g/mol. The summed E-state index contributed by atoms with van der Waals surface area (Å²) in [5, 5.41) is 2.80. The van der Waals surface area contributed by atoms with Gasteiger partial charge < -0.3 is 4.74 Å². The maximum Gasteiger partial charge on any atom is 0.412 e. The van der Waals surface area contributed by atoms with Crippen molar-refractivity contribution in [2.45, 2.75) is 40.2 Å². The minimum absolute atomic E-state index is 0.227. The van der Waals surface area contributed by atoms with Crippen molar-refractivity contribution >= 4 is 11.8 Å². The molecule has 0 aromatic heterocycles. The van der Waals surface area contributed by atoms with Gasteiger partial charge in [0.1, 0.15) is 5.60 Å². The van der Waals surface area contributed by atoms with Crippen LogP contribution in [0.1, 0.15) is 38.8 Å². The molecule has 0 unspecified atom stereocenters. The molecule has 0 saturated heterocycles. The van der Waals surface area contributed by atoms with Gasteiger partial charge in [0, 0.05) is 5.56 Å². The van der Waals surface area contributed by atoms with Crippen molar-refractivity contribution < 1.29 is 9.53 Å². The number of nitrogens with one attached hydrogen (secondary N) is 1. The summed E-state index contributed by atoms with van der Waals surface area (Å²) in [6.07, 6.45) is -0.351. The summed E-state index contributed by atoms with van der Waals surface area (Å²) in [6, 6.07) is 6.15. The standard InChI is InChI=1S/C15H21NO2/c1-9(2)15(10(3)4)12-7-6-11(5)8-13(12)16-14(17)18-15/h6-10H,1-5H3,(H,16,17). The molecular formula is C15H21NO2. The third-order valence-corrected chi connectivity index (χ3v) is 3.81. The van der Waals surface area contributed by atoms with Crippen LogP contribution in [0.2, 0.25) is 0 Å². The van der Waals surface area contributed by atoms with Crippen molar-refractivity contribution in [2.75, 3.05) is 5.32 Å². The Kier molecular flexibility index (Phi) is 3.09. The summed E-state index contributed by atoms with van der Waals surface area (Å²) in [6.45, 7) is 10.4. The average Bonchev–Trinajstić information content (AvgIpc) is 2.26. The first-order valence-corrected chi connectivity index (χ1v) is 6.49. The summed E-state index contributed by atoms with van der Waals surface area (Å²) in [4.78, 5) is 11.8. The van der Waals surface area contributed by atoms with E-state index in [0.717, 1.165) is 16.8 Å². The Morgan fingerprint density at radius 1 is 1.17 bits per heavy atom. The minimum atomic E-state index is -0.536. The maximum atomic E-state index is 11.8. The molecule has 0 fully saturated rings. The predicted octanol–water partition coefficient (Wildman–Crippen LogP) is 4.06. The molecule has 0 saturated carbocycles. The van der Waals surface area contributed by atoms with E-state index in [1.807, 2.05) is 13.0 Å². The first kappa shape index (κ1) is 12.9. The summed E-state index contributed by atoms with van der Waals surface area (Å²) in [5.74, 6) is 0.454. The second-order valence-electron chi connectivity index (χ2n) is 5.67. The molecule has 1 aromatic carbocycles. The lowest BCUT2D eigenvalue weighted by atomic mass is 9.73. The van der Waals surface area contributed by atoms with E-state index in [9.17, 15) is 4.79 Å². The number of cyclic esters (lactones) is 1. The largest absolute Gasteiger partial charge is 0.437 e. The Morgan fingerprint density at radius 2 is 1.78 bits per heavy atom. The van der Waals surface area contributed by atoms with Crippen LogP contribution >= 0.6 is 0 Å². The molecule has 18 heavy (non-hydrogen) atoms. The van der Waals surface area contributed by atoms with Crippen LogP contribution in [0.3, 0.4) is 0 Å². The Labute approximate surface area is 109 Å². The Morgan fingerprint density at radius 3 is 2.33 bits per heavy atom. The lowest BCUT2D eigenvalue weighted by molar-refractivity contribution is -0.0629. The van der Waals surface area contributed by atoms with Crippen molar-refractivity contribution in [2.24, 2.45) is 11.8 Å². The third-order valence-electron chi connectivity index (χ3n) is 3.81. The Balaban J connectivity index is 2.66. The quantitative estimate of drug-likeness (QED) is 0.855. The summed E-state index contributed by atoms with van der Waals surface area (Å²) < 4.78 is 5.71. The topological polar surface area (TPSA) is 38.3 Å². The SMILES string of the molecule is Cc1ccc2c(c1)NC(=O)OC2(C(C)C)C(C)C. The first-order valence-electron chi connectivity index (χ1n) is 6.49. The minimum Gasteiger partial charge on any atom is -0.437 e. The molecule has 98 valence electrons. The van der Waals surface area contributed by atoms with Crippen LogP contribution < -0.4 is 5.32 Å². The van der Waals surface area contributed by atoms with E-state index < -0.39 is 5.60 Å². The lowest BCUT2D eigenvalue weighted by Crippen LogP contribution is -2.47. The van der Waals surface area contributed by atoms with Crippen molar-refractivity contribution in [3.63, 3.8) is 0 Å². The highest BCUT2D eigenvalue weighted by molar-refractivity contribution is 5.89. The van der Waals surface area contributed by atoms with E-state index in [1.54, 1.807) is 0 Å². The number of carbonyl (C=O) groups is 1. The van der Waals surface area contributed by atoms with E-state index >= 15 is 0 Å². The van der Waals surface area contributed by atoms with Crippen LogP contribution in [0, 0.1) is 18.8 Å². The van der Waals surface area contributed by atoms with E-state index in [-0.39, 0.29) is 17.9 Å². The number of hydrogen-bond donors (Lipinski definition) is 1. The molecule has 1 aromatic rings. The highest BCUT2D eigenvalue weighted by atomic mass is 16.6. The van der Waals surface area contributed by atoms with Gasteiger partial charge in [0.25, 0.3) is 0 Å². The number of ether oxygens (including phenoxy) is 1. The van der Waals surface area contributed by atoms with Gasteiger partial charge in [-0.05, 0) is 30.4 Å². The smallest absolute Gasteiger partial charge is 0.412 e. The van der Waals surface area contributed by atoms with E-state index in [0.29, 0.717) is 0 Å². The fraction of sp³-hybridized carbons (Fsp3) is 0.533. The predicted molar refractivity (Wildman–Crippen MR) is 72.6 cm³/mol. The van der Waals surface area contributed by atoms with Gasteiger partial charge in [-0.3, -0.25) is 5.32 Å². The molecule has 1 N–H and O–H groups in total. The van der Waals surface area contributed by atoms with E-state index in [4.69, 9.17) is 4.74 Å². The average molecular weight is 247 g/mol. The zero-order valence-electron chi connectivity index (χ0n) is 11.7. The van der Waals surface area contributed by atoms with Gasteiger partial charge in [0.2, 0.25) is 0 Å². The normalized spacial score (nSPS) is 17.4. The molecule has 3 nitrogen and oxygen atoms in total. The number of benzene rings is 1. The molecule has 0 radical (unpaired) electrons. The van der Waals surface area contributed by atoms with Crippen molar-refractivity contribution in [3.05, 3.63) is 29.3 Å². The van der Waals surface area contributed by atoms with Crippen LogP contribution in [-0.2, 0) is 10.3 Å². The fourth-order valence-corrected chi connectivity index (χ4v) is 2.97. The summed E-state index contributed by atoms with van der Waals surface area (Å²) in [5.41, 5.74) is 2.56. The Bertz CT molecular complexity index is 469. The number of fused-ring (bicyclic) bond motifs is 1. The van der Waals surface area contributed by atoms with E-state index in [2.05, 4.69) is 45.1 Å². The Hall–Kier alpha value is -1.51. The van der Waals surface area contributed by atoms with Gasteiger partial charge in [0.05, 0.1) is 5.69 Å². The van der Waals surface area contributed by atoms with Gasteiger partial charge in [-0.2, -0.15) is 0 Å². The second-order valence-corrected chi connectivity index (χ2v) is 5.67. The molecule has 0 atom stereocenters. The van der Waals surface area contributed by atoms with Crippen LogP contribution in [0.5, 0.6) is 0 Å². The first-order chi connectivity index (χ1) is 8.37. The fourth-order valence-electron chi connectivity index (χ4n) is 2.97. The molecular weight excluding hydrogens is 226 g/mol. The number of rotatable bonds is 2. The molecule has 0 spiro atoms. The van der Waals surface area contributed by atoms with Crippen molar-refractivity contribution in [3.8, 4) is 0 Å². The lowest BCUT2D eigenvalue weighted by Gasteiger charge is -2.44. The molecule has 1 aliphatic heterocycles. The molecule has 0 bridgehead atoms. The van der Waals surface area contributed by atoms with Gasteiger partial charge >= 0.3 is 6.09 Å². The van der Waals surface area contributed by atoms with Crippen molar-refractivity contribution in [1.29, 1.82) is 0 Å². The number of carbonyl (C=O) groups excluding carboxylic acids is 1. The van der Waals surface area contributed by atoms with Crippen molar-refractivity contribution in [1.82, 2.24) is 0 Å². The van der Waals surface area contributed by atoms with E-state index in [1.165, 1.54) is 0 Å². The van der Waals surface area contributed by atoms with Crippen LogP contribution in [0.4, 0.5) is 10.5 Å². The number of hydrogen-bond acceptors (Lipinski definition) is 2. The zero-order valence-corrected chi connectivity index (χ0v) is 11.7. The van der Waals surface area contributed by atoms with Gasteiger partial charge in [-0.25, -0.2) is 4.79 Å². The van der Waals surface area contributed by atoms with Crippen LogP contribution in [0.15, 0.2) is 18.2 Å². The number of anilines is 1. The molecule has 1 amide bonds. The summed E-state index contributed by atoms with van der Waals surface area (Å²) >= 11 is 0. The van der Waals surface area contributed by atoms with Gasteiger partial charge in [0.15, 0.2) is 0 Å². The molecule has 2 rings (SSSR count).